The van der Waals surface area contributed by atoms with Crippen molar-refractivity contribution in [3.63, 3.8) is 0 Å². The lowest BCUT2D eigenvalue weighted by molar-refractivity contribution is -0.199. The van der Waals surface area contributed by atoms with Crippen LogP contribution in [0.2, 0.25) is 0 Å². The quantitative estimate of drug-likeness (QED) is 0.183. The Kier molecular flexibility index (Phi) is 8.46. The predicted octanol–water partition coefficient (Wildman–Crippen LogP) is 2.86. The number of phenols is 1. The van der Waals surface area contributed by atoms with Crippen LogP contribution in [0.5, 0.6) is 5.75 Å². The second kappa shape index (κ2) is 12.3. The van der Waals surface area contributed by atoms with Crippen molar-refractivity contribution < 1.29 is 33.9 Å². The Morgan fingerprint density at radius 1 is 0.925 bits per heavy atom. The van der Waals surface area contributed by atoms with Gasteiger partial charge in [0.05, 0.1) is 0 Å². The van der Waals surface area contributed by atoms with Crippen LogP contribution >= 0.6 is 0 Å². The maximum absolute atomic E-state index is 13.0. The smallest absolute Gasteiger partial charge is 0.355 e. The first kappa shape index (κ1) is 27.5. The topological polar surface area (TPSA) is 154 Å². The number of ketones is 1. The van der Waals surface area contributed by atoms with E-state index in [1.807, 2.05) is 0 Å². The molecule has 0 saturated carbocycles. The van der Waals surface area contributed by atoms with Crippen LogP contribution in [0.4, 0.5) is 0 Å². The van der Waals surface area contributed by atoms with Crippen molar-refractivity contribution in [1.29, 1.82) is 5.26 Å². The lowest BCUT2D eigenvalue weighted by Crippen LogP contribution is -2.46. The molecule has 1 atom stereocenters. The highest BCUT2D eigenvalue weighted by Crippen LogP contribution is 2.17. The first-order valence-electron chi connectivity index (χ1n) is 12.2. The molecule has 200 valence electrons. The van der Waals surface area contributed by atoms with Gasteiger partial charge in [-0.05, 0) is 29.3 Å². The molecule has 0 spiro atoms. The normalized spacial score (nSPS) is 13.9. The Hall–Kier alpha value is -5.56. The van der Waals surface area contributed by atoms with E-state index >= 15 is 0 Å². The first-order chi connectivity index (χ1) is 19.2. The zero-order valence-corrected chi connectivity index (χ0v) is 21.1. The van der Waals surface area contributed by atoms with Gasteiger partial charge in [-0.2, -0.15) is 5.26 Å². The molecule has 3 aromatic carbocycles. The van der Waals surface area contributed by atoms with E-state index in [0.29, 0.717) is 27.3 Å². The van der Waals surface area contributed by atoms with Crippen LogP contribution in [0.1, 0.15) is 39.9 Å². The number of carbonyl (C=O) groups excluding carboxylic acids is 5. The van der Waals surface area contributed by atoms with Crippen molar-refractivity contribution in [3.8, 4) is 11.8 Å². The number of phenolic OH excluding ortho intramolecular Hbond substituents is 1. The molecule has 0 bridgehead atoms. The summed E-state index contributed by atoms with van der Waals surface area (Å²) < 4.78 is 0. The SMILES string of the molecule is N#C/C(=C\c1ccc(O)cc1)C(=O)N[C@@H](Cc1ccc(C(=O)c2ccccc2)cc1)C(=O)ON1C(=O)CCC1=O. The standard InChI is InChI=1S/C30H23N3O7/c31-18-23(16-19-8-12-24(34)13-9-19)29(38)32-25(30(39)40-33-26(35)14-15-27(33)36)17-20-6-10-22(11-7-20)28(37)21-4-2-1-3-5-21/h1-13,16,25,34H,14-15,17H2,(H,32,38)/b23-16+/t25-/m0/s1. The van der Waals surface area contributed by atoms with Crippen molar-refractivity contribution >= 4 is 35.6 Å². The van der Waals surface area contributed by atoms with E-state index in [1.54, 1.807) is 60.7 Å². The third-order valence-electron chi connectivity index (χ3n) is 6.04. The molecular weight excluding hydrogens is 514 g/mol. The predicted molar refractivity (Wildman–Crippen MR) is 141 cm³/mol. The average Bonchev–Trinajstić information content (AvgIpc) is 3.29. The number of benzene rings is 3. The minimum atomic E-state index is -1.39. The minimum absolute atomic E-state index is 0.00501. The lowest BCUT2D eigenvalue weighted by atomic mass is 9.99. The summed E-state index contributed by atoms with van der Waals surface area (Å²) in [6, 6.07) is 21.2. The molecule has 3 aromatic rings. The molecule has 10 heteroatoms. The summed E-state index contributed by atoms with van der Waals surface area (Å²) in [6.45, 7) is 0. The van der Waals surface area contributed by atoms with Gasteiger partial charge in [0.1, 0.15) is 23.4 Å². The Labute approximate surface area is 229 Å². The van der Waals surface area contributed by atoms with Crippen LogP contribution in [0.25, 0.3) is 6.08 Å². The van der Waals surface area contributed by atoms with Gasteiger partial charge in [0.2, 0.25) is 0 Å². The van der Waals surface area contributed by atoms with Crippen molar-refractivity contribution in [1.82, 2.24) is 10.4 Å². The summed E-state index contributed by atoms with van der Waals surface area (Å²) in [5.41, 5.74) is 1.58. The maximum Gasteiger partial charge on any atom is 0.355 e. The Morgan fingerprint density at radius 3 is 2.12 bits per heavy atom. The number of aromatic hydroxyl groups is 1. The Morgan fingerprint density at radius 2 is 1.52 bits per heavy atom. The summed E-state index contributed by atoms with van der Waals surface area (Å²) >= 11 is 0. The number of nitrogens with zero attached hydrogens (tertiary/aromatic N) is 2. The van der Waals surface area contributed by atoms with Gasteiger partial charge in [-0.3, -0.25) is 19.2 Å². The molecule has 1 saturated heterocycles. The molecule has 0 aliphatic carbocycles. The first-order valence-corrected chi connectivity index (χ1v) is 12.2. The number of nitriles is 1. The largest absolute Gasteiger partial charge is 0.508 e. The zero-order valence-electron chi connectivity index (χ0n) is 21.1. The van der Waals surface area contributed by atoms with Gasteiger partial charge >= 0.3 is 5.97 Å². The van der Waals surface area contributed by atoms with Crippen LogP contribution in [0, 0.1) is 11.3 Å². The number of hydroxylamine groups is 2. The molecule has 0 unspecified atom stereocenters. The minimum Gasteiger partial charge on any atom is -0.508 e. The highest BCUT2D eigenvalue weighted by atomic mass is 16.7. The van der Waals surface area contributed by atoms with Crippen LogP contribution in [0.15, 0.2) is 84.4 Å². The van der Waals surface area contributed by atoms with E-state index in [4.69, 9.17) is 4.84 Å². The van der Waals surface area contributed by atoms with Crippen LogP contribution in [-0.4, -0.2) is 45.7 Å². The number of carbonyl (C=O) groups is 5. The third kappa shape index (κ3) is 6.65. The van der Waals surface area contributed by atoms with Gasteiger partial charge in [-0.25, -0.2) is 4.79 Å². The van der Waals surface area contributed by atoms with Gasteiger partial charge in [0, 0.05) is 30.4 Å². The van der Waals surface area contributed by atoms with E-state index in [1.165, 1.54) is 30.3 Å². The molecule has 2 N–H and O–H groups in total. The number of hydrogen-bond acceptors (Lipinski definition) is 8. The fourth-order valence-electron chi connectivity index (χ4n) is 3.91. The number of amides is 3. The van der Waals surface area contributed by atoms with E-state index in [0.717, 1.165) is 0 Å². The monoisotopic (exact) mass is 537 g/mol. The number of imide groups is 1. The van der Waals surface area contributed by atoms with E-state index in [9.17, 15) is 34.3 Å². The van der Waals surface area contributed by atoms with E-state index < -0.39 is 29.7 Å². The third-order valence-corrected chi connectivity index (χ3v) is 6.04. The summed E-state index contributed by atoms with van der Waals surface area (Å²) in [7, 11) is 0. The summed E-state index contributed by atoms with van der Waals surface area (Å²) in [4.78, 5) is 67.7. The van der Waals surface area contributed by atoms with Gasteiger partial charge in [-0.15, -0.1) is 5.06 Å². The van der Waals surface area contributed by atoms with Crippen LogP contribution in [-0.2, 0) is 30.4 Å². The summed E-state index contributed by atoms with van der Waals surface area (Å²) in [5.74, 6) is -3.53. The maximum atomic E-state index is 13.0. The van der Waals surface area contributed by atoms with Gasteiger partial charge in [0.25, 0.3) is 17.7 Å². The Bertz CT molecular complexity index is 1510. The van der Waals surface area contributed by atoms with Crippen molar-refractivity contribution in [2.45, 2.75) is 25.3 Å². The molecule has 0 radical (unpaired) electrons. The van der Waals surface area contributed by atoms with Gasteiger partial charge < -0.3 is 15.3 Å². The second-order valence-electron chi connectivity index (χ2n) is 8.88. The molecule has 3 amide bonds. The molecule has 40 heavy (non-hydrogen) atoms. The fourth-order valence-corrected chi connectivity index (χ4v) is 3.91. The molecule has 1 aliphatic rings. The molecule has 0 aromatic heterocycles. The molecule has 1 fully saturated rings. The van der Waals surface area contributed by atoms with E-state index in [-0.39, 0.29) is 36.4 Å². The highest BCUT2D eigenvalue weighted by molar-refractivity contribution is 6.09. The molecule has 4 rings (SSSR count). The average molecular weight is 538 g/mol. The summed E-state index contributed by atoms with van der Waals surface area (Å²) in [5, 5.41) is 21.8. The highest BCUT2D eigenvalue weighted by Gasteiger charge is 2.35. The number of hydrogen-bond donors (Lipinski definition) is 2. The molecule has 10 nitrogen and oxygen atoms in total. The molecule has 1 heterocycles. The molecule has 1 aliphatic heterocycles. The Balaban J connectivity index is 1.55. The van der Waals surface area contributed by atoms with Crippen molar-refractivity contribution in [3.05, 3.63) is 107 Å². The number of rotatable bonds is 9. The summed E-state index contributed by atoms with van der Waals surface area (Å²) in [6.07, 6.45) is 0.940. The van der Waals surface area contributed by atoms with Gasteiger partial charge in [0.15, 0.2) is 5.78 Å². The lowest BCUT2D eigenvalue weighted by Gasteiger charge is -2.20. The van der Waals surface area contributed by atoms with Crippen molar-refractivity contribution in [2.24, 2.45) is 0 Å². The van der Waals surface area contributed by atoms with E-state index in [2.05, 4.69) is 5.32 Å². The van der Waals surface area contributed by atoms with Crippen molar-refractivity contribution in [2.75, 3.05) is 0 Å². The number of nitrogens with one attached hydrogen (secondary N) is 1. The molecular formula is C30H23N3O7. The fraction of sp³-hybridized carbons (Fsp3) is 0.133. The van der Waals surface area contributed by atoms with Crippen LogP contribution < -0.4 is 5.32 Å². The second-order valence-corrected chi connectivity index (χ2v) is 8.88. The van der Waals surface area contributed by atoms with Gasteiger partial charge in [-0.1, -0.05) is 66.7 Å². The zero-order chi connectivity index (χ0) is 28.6. The van der Waals surface area contributed by atoms with Crippen LogP contribution in [0.3, 0.4) is 0 Å².